The third-order valence-electron chi connectivity index (χ3n) is 4.32. The third kappa shape index (κ3) is 8.48. The molecule has 1 radical (unpaired) electrons. The summed E-state index contributed by atoms with van der Waals surface area (Å²) in [6.45, 7) is 10.8. The summed E-state index contributed by atoms with van der Waals surface area (Å²) >= 11 is 14.4. The van der Waals surface area contributed by atoms with Crippen molar-refractivity contribution in [2.24, 2.45) is 11.8 Å². The molecule has 20 heavy (non-hydrogen) atoms. The number of hydrogen-bond donors (Lipinski definition) is 3. The highest BCUT2D eigenvalue weighted by Crippen LogP contribution is 2.34. The minimum atomic E-state index is 0.479. The van der Waals surface area contributed by atoms with Crippen molar-refractivity contribution in [3.8, 4) is 0 Å². The van der Waals surface area contributed by atoms with Crippen molar-refractivity contribution in [3.05, 3.63) is 6.92 Å². The fraction of sp³-hybridized carbons (Fsp3) is 0.941. The van der Waals surface area contributed by atoms with Crippen molar-refractivity contribution in [3.63, 3.8) is 0 Å². The van der Waals surface area contributed by atoms with Gasteiger partial charge in [-0.3, -0.25) is 0 Å². The van der Waals surface area contributed by atoms with Crippen LogP contribution in [0.3, 0.4) is 0 Å². The Balaban J connectivity index is 4.47. The van der Waals surface area contributed by atoms with Crippen molar-refractivity contribution in [1.29, 1.82) is 0 Å². The summed E-state index contributed by atoms with van der Waals surface area (Å²) in [5.74, 6) is 1.34. The van der Waals surface area contributed by atoms with Gasteiger partial charge in [-0.2, -0.15) is 37.9 Å². The molecule has 0 aromatic heterocycles. The second-order valence-electron chi connectivity index (χ2n) is 6.04. The second-order valence-corrected chi connectivity index (χ2v) is 8.09. The molecule has 121 valence electrons. The largest absolute Gasteiger partial charge is 0.176 e. The molecule has 3 heteroatoms. The van der Waals surface area contributed by atoms with E-state index in [9.17, 15) is 0 Å². The molecule has 0 amide bonds. The highest BCUT2D eigenvalue weighted by atomic mass is 32.1. The fourth-order valence-electron chi connectivity index (χ4n) is 2.98. The Bertz CT molecular complexity index is 198. The Morgan fingerprint density at radius 1 is 0.800 bits per heavy atom. The van der Waals surface area contributed by atoms with Crippen LogP contribution in [0.5, 0.6) is 0 Å². The van der Waals surface area contributed by atoms with E-state index in [0.29, 0.717) is 27.6 Å². The van der Waals surface area contributed by atoms with Crippen LogP contribution < -0.4 is 0 Å². The maximum atomic E-state index is 4.98. The lowest BCUT2D eigenvalue weighted by Gasteiger charge is -2.32. The minimum absolute atomic E-state index is 0.479. The summed E-state index contributed by atoms with van der Waals surface area (Å²) in [4.78, 5) is 0. The van der Waals surface area contributed by atoms with Gasteiger partial charge < -0.3 is 0 Å². The summed E-state index contributed by atoms with van der Waals surface area (Å²) in [6, 6.07) is 0. The van der Waals surface area contributed by atoms with E-state index in [1.54, 1.807) is 0 Å². The molecule has 0 N–H and O–H groups in total. The van der Waals surface area contributed by atoms with E-state index in [-0.39, 0.29) is 0 Å². The first kappa shape index (κ1) is 21.0. The van der Waals surface area contributed by atoms with Crippen LogP contribution in [0.4, 0.5) is 0 Å². The molecule has 0 aromatic rings. The lowest BCUT2D eigenvalue weighted by atomic mass is 9.83. The highest BCUT2D eigenvalue weighted by molar-refractivity contribution is 7.81. The molecule has 5 atom stereocenters. The third-order valence-corrected chi connectivity index (χ3v) is 6.10. The summed E-state index contributed by atoms with van der Waals surface area (Å²) in [7, 11) is 0. The van der Waals surface area contributed by atoms with Crippen LogP contribution in [0.1, 0.15) is 72.1 Å². The topological polar surface area (TPSA) is 0 Å². The molecular weight excluding hydrogens is 300 g/mol. The Morgan fingerprint density at radius 3 is 1.60 bits per heavy atom. The average molecular weight is 336 g/mol. The number of rotatable bonds is 12. The second kappa shape index (κ2) is 12.6. The summed E-state index contributed by atoms with van der Waals surface area (Å²) in [5, 5.41) is 1.49. The molecule has 0 aromatic carbocycles. The molecular formula is C17H35S3. The van der Waals surface area contributed by atoms with Crippen molar-refractivity contribution in [2.45, 2.75) is 87.9 Å². The van der Waals surface area contributed by atoms with Crippen LogP contribution in [-0.2, 0) is 0 Å². The zero-order valence-corrected chi connectivity index (χ0v) is 16.3. The van der Waals surface area contributed by atoms with Crippen molar-refractivity contribution in [1.82, 2.24) is 0 Å². The highest BCUT2D eigenvalue weighted by Gasteiger charge is 2.27. The van der Waals surface area contributed by atoms with Crippen LogP contribution in [0, 0.1) is 18.8 Å². The smallest absolute Gasteiger partial charge is 0.00739 e. The fourth-order valence-corrected chi connectivity index (χ4v) is 4.63. The predicted molar refractivity (Wildman–Crippen MR) is 105 cm³/mol. The zero-order valence-electron chi connectivity index (χ0n) is 13.6. The van der Waals surface area contributed by atoms with Gasteiger partial charge in [-0.25, -0.2) is 0 Å². The molecule has 0 spiro atoms. The lowest BCUT2D eigenvalue weighted by molar-refractivity contribution is 0.330. The van der Waals surface area contributed by atoms with Crippen LogP contribution in [0.2, 0.25) is 0 Å². The lowest BCUT2D eigenvalue weighted by Crippen LogP contribution is -2.28. The van der Waals surface area contributed by atoms with Gasteiger partial charge in [-0.1, -0.05) is 53.4 Å². The van der Waals surface area contributed by atoms with Gasteiger partial charge in [0.2, 0.25) is 0 Å². The van der Waals surface area contributed by atoms with Crippen molar-refractivity contribution >= 4 is 37.9 Å². The van der Waals surface area contributed by atoms with Crippen molar-refractivity contribution in [2.75, 3.05) is 0 Å². The van der Waals surface area contributed by atoms with Gasteiger partial charge in [-0.15, -0.1) is 0 Å². The monoisotopic (exact) mass is 335 g/mol. The Labute approximate surface area is 144 Å². The molecule has 0 fully saturated rings. The van der Waals surface area contributed by atoms with Crippen molar-refractivity contribution < 1.29 is 0 Å². The molecule has 5 unspecified atom stereocenters. The average Bonchev–Trinajstić information content (AvgIpc) is 2.42. The van der Waals surface area contributed by atoms with Gasteiger partial charge in [0, 0.05) is 15.7 Å². The van der Waals surface area contributed by atoms with E-state index in [1.165, 1.54) is 38.5 Å². The first-order valence-electron chi connectivity index (χ1n) is 8.33. The first-order valence-corrected chi connectivity index (χ1v) is 9.88. The maximum Gasteiger partial charge on any atom is 0.00739 e. The Hall–Kier alpha value is 1.05. The Morgan fingerprint density at radius 2 is 1.25 bits per heavy atom. The molecule has 0 saturated heterocycles. The summed E-state index contributed by atoms with van der Waals surface area (Å²) < 4.78 is 0. The normalized spacial score (nSPS) is 19.4. The molecule has 0 aliphatic rings. The molecule has 0 bridgehead atoms. The molecule has 0 heterocycles. The van der Waals surface area contributed by atoms with E-state index >= 15 is 0 Å². The van der Waals surface area contributed by atoms with Gasteiger partial charge in [0.1, 0.15) is 0 Å². The molecule has 0 saturated carbocycles. The molecule has 0 aliphatic heterocycles. The zero-order chi connectivity index (χ0) is 15.5. The van der Waals surface area contributed by atoms with Gasteiger partial charge >= 0.3 is 0 Å². The maximum absolute atomic E-state index is 4.98. The van der Waals surface area contributed by atoms with Gasteiger partial charge in [0.25, 0.3) is 0 Å². The van der Waals surface area contributed by atoms with E-state index in [1.807, 2.05) is 0 Å². The van der Waals surface area contributed by atoms with Gasteiger partial charge in [0.15, 0.2) is 0 Å². The molecule has 0 aliphatic carbocycles. The number of hydrogen-bond acceptors (Lipinski definition) is 3. The van der Waals surface area contributed by atoms with E-state index in [0.717, 1.165) is 12.8 Å². The van der Waals surface area contributed by atoms with Crippen LogP contribution in [-0.4, -0.2) is 15.7 Å². The molecule has 0 rings (SSSR count). The minimum Gasteiger partial charge on any atom is -0.176 e. The number of thiol groups is 3. The van der Waals surface area contributed by atoms with Gasteiger partial charge in [-0.05, 0) is 37.5 Å². The van der Waals surface area contributed by atoms with Crippen LogP contribution in [0.25, 0.3) is 0 Å². The standard InChI is InChI=1S/C17H35S3/c1-5-9-15(18)11-13(7-3)17(20)14(8-4)12-16(19)10-6-2/h13-20H,1,5-12H2,2-4H3. The first-order chi connectivity index (χ1) is 9.49. The molecule has 0 nitrogen and oxygen atoms in total. The van der Waals surface area contributed by atoms with Crippen LogP contribution >= 0.6 is 37.9 Å². The van der Waals surface area contributed by atoms with E-state index < -0.39 is 0 Å². The summed E-state index contributed by atoms with van der Waals surface area (Å²) in [5.41, 5.74) is 0. The SMILES string of the molecule is [CH2]CCC(S)CC(CC)C(S)C(CC)CC(S)CCC. The summed E-state index contributed by atoms with van der Waals surface area (Å²) in [6.07, 6.45) is 9.31. The van der Waals surface area contributed by atoms with Crippen LogP contribution in [0.15, 0.2) is 0 Å². The van der Waals surface area contributed by atoms with E-state index in [2.05, 4.69) is 27.7 Å². The van der Waals surface area contributed by atoms with E-state index in [4.69, 9.17) is 37.9 Å². The quantitative estimate of drug-likeness (QED) is 0.351. The predicted octanol–water partition coefficient (Wildman–Crippen LogP) is 6.13. The Kier molecular flexibility index (Phi) is 13.2. The van der Waals surface area contributed by atoms with Gasteiger partial charge in [0.05, 0.1) is 0 Å².